The normalized spacial score (nSPS) is 13.6. The first-order valence-corrected chi connectivity index (χ1v) is 30.1. The van der Waals surface area contributed by atoms with Crippen molar-refractivity contribution >= 4 is 66.4 Å². The van der Waals surface area contributed by atoms with Gasteiger partial charge in [0, 0.05) is 33.9 Å². The molecule has 2 aliphatic rings. The lowest BCUT2D eigenvalue weighted by Gasteiger charge is -2.32. The van der Waals surface area contributed by atoms with Crippen LogP contribution in [0, 0.1) is 0 Å². The zero-order chi connectivity index (χ0) is 57.4. The monoisotopic (exact) mass is 1100 g/mol. The highest BCUT2D eigenvalue weighted by Crippen LogP contribution is 2.66. The maximum atomic E-state index is 2.55. The molecule has 0 aromatic heterocycles. The van der Waals surface area contributed by atoms with E-state index in [9.17, 15) is 0 Å². The number of nitrogens with zero attached hydrogens (tertiary/aromatic N) is 2. The molecule has 0 saturated heterocycles. The van der Waals surface area contributed by atoms with Gasteiger partial charge in [-0.05, 0) is 183 Å². The van der Waals surface area contributed by atoms with E-state index in [1.165, 1.54) is 99.1 Å². The Bertz CT molecular complexity index is 5140. The van der Waals surface area contributed by atoms with E-state index >= 15 is 0 Å². The average molecular weight is 1110 g/mol. The van der Waals surface area contributed by atoms with Crippen LogP contribution >= 0.6 is 0 Å². The summed E-state index contributed by atoms with van der Waals surface area (Å²) in [6, 6.07) is 126. The summed E-state index contributed by atoms with van der Waals surface area (Å²) in [5.41, 5.74) is 25.7. The molecule has 15 aromatic rings. The van der Waals surface area contributed by atoms with Gasteiger partial charge < -0.3 is 9.80 Å². The molecule has 0 N–H and O–H groups in total. The van der Waals surface area contributed by atoms with Crippen LogP contribution in [0.3, 0.4) is 0 Å². The predicted octanol–water partition coefficient (Wildman–Crippen LogP) is 23.1. The first kappa shape index (κ1) is 50.2. The zero-order valence-electron chi connectivity index (χ0n) is 47.7. The lowest BCUT2D eigenvalue weighted by molar-refractivity contribution is 0.803. The van der Waals surface area contributed by atoms with Crippen molar-refractivity contribution in [3.05, 3.63) is 362 Å². The van der Waals surface area contributed by atoms with Crippen molar-refractivity contribution in [1.29, 1.82) is 0 Å². The SMILES string of the molecule is c1ccc(-c2ccc(-c3ccccc3)c(N(c3ccccc3)c3ccc4cc5c(cc4c3)C3(c4ccccc4-c4c3ccc3ccccc43)c3c-5ccc4cc(N(c5ccccc5)c5cc(-c6ccccc6)ccc5-c5ccccc5)ccc34)c2)cc1. The molecule has 2 heteroatoms. The van der Waals surface area contributed by atoms with E-state index in [4.69, 9.17) is 0 Å². The molecular formula is C85H56N2. The maximum Gasteiger partial charge on any atom is 0.0731 e. The zero-order valence-corrected chi connectivity index (χ0v) is 47.7. The van der Waals surface area contributed by atoms with Crippen molar-refractivity contribution in [2.45, 2.75) is 5.41 Å². The Labute approximate surface area is 507 Å². The average Bonchev–Trinajstić information content (AvgIpc) is 1.60. The Kier molecular flexibility index (Phi) is 11.8. The molecule has 2 aliphatic carbocycles. The summed E-state index contributed by atoms with van der Waals surface area (Å²) < 4.78 is 0. The molecule has 0 aliphatic heterocycles. The van der Waals surface area contributed by atoms with Crippen LogP contribution in [0.15, 0.2) is 340 Å². The minimum absolute atomic E-state index is 0.654. The van der Waals surface area contributed by atoms with Gasteiger partial charge in [-0.1, -0.05) is 267 Å². The molecule has 0 radical (unpaired) electrons. The van der Waals surface area contributed by atoms with Gasteiger partial charge in [0.15, 0.2) is 0 Å². The predicted molar refractivity (Wildman–Crippen MR) is 366 cm³/mol. The molecule has 1 atom stereocenters. The fraction of sp³-hybridized carbons (Fsp3) is 0.0118. The summed E-state index contributed by atoms with van der Waals surface area (Å²) in [5.74, 6) is 0. The van der Waals surface area contributed by atoms with Gasteiger partial charge in [0.1, 0.15) is 0 Å². The van der Waals surface area contributed by atoms with E-state index in [1.54, 1.807) is 0 Å². The van der Waals surface area contributed by atoms with Gasteiger partial charge in [0.2, 0.25) is 0 Å². The molecule has 17 rings (SSSR count). The third-order valence-electron chi connectivity index (χ3n) is 18.4. The standard InChI is InChI=1S/C85H56N2/c1-7-23-57(24-8-1)63-40-46-71(59-27-11-3-12-28-59)81(55-63)86(67-32-15-5-16-33-67)69-44-39-62-53-77-75-48-42-65-51-70(87(68-34-17-6-18-35-68)82-56-64(58-25-9-2-10-26-58)41-47-72(82)60-29-13-4-14-30-60)45-49-74(65)84(75)85(80(77)54-66(62)52-69)78-38-22-21-37-76(78)83-73-36-20-19-31-61(73)43-50-79(83)85/h1-56H. The first-order valence-electron chi connectivity index (χ1n) is 30.1. The maximum absolute atomic E-state index is 2.55. The summed E-state index contributed by atoms with van der Waals surface area (Å²) in [4.78, 5) is 4.92. The summed E-state index contributed by atoms with van der Waals surface area (Å²) in [6.45, 7) is 0. The van der Waals surface area contributed by atoms with Crippen molar-refractivity contribution in [2.24, 2.45) is 0 Å². The van der Waals surface area contributed by atoms with Gasteiger partial charge in [-0.3, -0.25) is 0 Å². The van der Waals surface area contributed by atoms with E-state index in [-0.39, 0.29) is 0 Å². The number of anilines is 6. The van der Waals surface area contributed by atoms with E-state index in [0.717, 1.165) is 56.4 Å². The largest absolute Gasteiger partial charge is 0.310 e. The summed E-state index contributed by atoms with van der Waals surface area (Å²) in [6.07, 6.45) is 0. The highest BCUT2D eigenvalue weighted by atomic mass is 15.2. The van der Waals surface area contributed by atoms with Crippen molar-refractivity contribution in [3.8, 4) is 66.8 Å². The van der Waals surface area contributed by atoms with Crippen molar-refractivity contribution in [1.82, 2.24) is 0 Å². The van der Waals surface area contributed by atoms with Crippen molar-refractivity contribution in [3.63, 3.8) is 0 Å². The highest BCUT2D eigenvalue weighted by Gasteiger charge is 2.53. The second kappa shape index (κ2) is 20.5. The number of benzene rings is 15. The Hall–Kier alpha value is -11.3. The Morgan fingerprint density at radius 2 is 0.678 bits per heavy atom. The first-order chi connectivity index (χ1) is 43.2. The molecule has 1 unspecified atom stereocenters. The van der Waals surface area contributed by atoms with Crippen LogP contribution in [-0.2, 0) is 5.41 Å². The molecule has 15 aromatic carbocycles. The molecule has 406 valence electrons. The molecule has 0 fully saturated rings. The fourth-order valence-electron chi connectivity index (χ4n) is 14.6. The second-order valence-electron chi connectivity index (χ2n) is 23.1. The van der Waals surface area contributed by atoms with Crippen LogP contribution in [-0.4, -0.2) is 0 Å². The number of hydrogen-bond acceptors (Lipinski definition) is 2. The Balaban J connectivity index is 0.903. The molecule has 87 heavy (non-hydrogen) atoms. The van der Waals surface area contributed by atoms with Gasteiger partial charge in [0.25, 0.3) is 0 Å². The molecule has 0 saturated carbocycles. The number of fused-ring (bicyclic) bond motifs is 15. The van der Waals surface area contributed by atoms with Crippen molar-refractivity contribution < 1.29 is 0 Å². The summed E-state index contributed by atoms with van der Waals surface area (Å²) in [5, 5.41) is 7.32. The summed E-state index contributed by atoms with van der Waals surface area (Å²) >= 11 is 0. The van der Waals surface area contributed by atoms with Gasteiger partial charge in [0.05, 0.1) is 16.8 Å². The Morgan fingerprint density at radius 3 is 1.28 bits per heavy atom. The minimum atomic E-state index is -0.654. The van der Waals surface area contributed by atoms with Crippen LogP contribution in [0.2, 0.25) is 0 Å². The summed E-state index contributed by atoms with van der Waals surface area (Å²) in [7, 11) is 0. The van der Waals surface area contributed by atoms with Gasteiger partial charge in [-0.15, -0.1) is 0 Å². The third-order valence-corrected chi connectivity index (χ3v) is 18.4. The molecule has 0 heterocycles. The number of rotatable bonds is 10. The van der Waals surface area contributed by atoms with Crippen LogP contribution in [0.25, 0.3) is 99.1 Å². The van der Waals surface area contributed by atoms with E-state index < -0.39 is 5.41 Å². The van der Waals surface area contributed by atoms with Crippen LogP contribution in [0.5, 0.6) is 0 Å². The fourth-order valence-corrected chi connectivity index (χ4v) is 14.6. The highest BCUT2D eigenvalue weighted by molar-refractivity contribution is 6.11. The van der Waals surface area contributed by atoms with Crippen LogP contribution in [0.1, 0.15) is 22.3 Å². The van der Waals surface area contributed by atoms with E-state index in [2.05, 4.69) is 350 Å². The van der Waals surface area contributed by atoms with Crippen molar-refractivity contribution in [2.75, 3.05) is 9.80 Å². The molecule has 1 spiro atoms. The number of hydrogen-bond donors (Lipinski definition) is 0. The van der Waals surface area contributed by atoms with Gasteiger partial charge in [-0.25, -0.2) is 0 Å². The van der Waals surface area contributed by atoms with E-state index in [1.807, 2.05) is 0 Å². The smallest absolute Gasteiger partial charge is 0.0731 e. The quantitative estimate of drug-likeness (QED) is 0.135. The third kappa shape index (κ3) is 8.10. The van der Waals surface area contributed by atoms with Crippen LogP contribution < -0.4 is 9.80 Å². The molecule has 0 amide bonds. The Morgan fingerprint density at radius 1 is 0.207 bits per heavy atom. The lowest BCUT2D eigenvalue weighted by atomic mass is 9.69. The second-order valence-corrected chi connectivity index (χ2v) is 23.1. The lowest BCUT2D eigenvalue weighted by Crippen LogP contribution is -2.26. The van der Waals surface area contributed by atoms with Gasteiger partial charge in [-0.2, -0.15) is 0 Å². The van der Waals surface area contributed by atoms with E-state index in [0.29, 0.717) is 0 Å². The van der Waals surface area contributed by atoms with Gasteiger partial charge >= 0.3 is 0 Å². The topological polar surface area (TPSA) is 6.48 Å². The van der Waals surface area contributed by atoms with Crippen LogP contribution in [0.4, 0.5) is 34.1 Å². The molecule has 0 bridgehead atoms. The molecule has 2 nitrogen and oxygen atoms in total. The molecular weight excluding hydrogens is 1050 g/mol. The minimum Gasteiger partial charge on any atom is -0.310 e. The number of para-hydroxylation sites is 2.